The maximum absolute atomic E-state index is 2.24. The smallest absolute Gasteiger partial charge is 0.0580 e. The van der Waals surface area contributed by atoms with E-state index in [0.717, 1.165) is 0 Å². The minimum Gasteiger partial charge on any atom is -0.0580 e. The third-order valence-electron chi connectivity index (χ3n) is 5.61. The van der Waals surface area contributed by atoms with E-state index >= 15 is 0 Å². The van der Waals surface area contributed by atoms with E-state index in [1.54, 1.807) is 0 Å². The molecule has 3 aromatic carbocycles. The molecule has 1 aliphatic carbocycles. The van der Waals surface area contributed by atoms with Gasteiger partial charge < -0.3 is 0 Å². The maximum atomic E-state index is 2.24. The summed E-state index contributed by atoms with van der Waals surface area (Å²) in [7, 11) is 0. The molecule has 4 rings (SSSR count). The van der Waals surface area contributed by atoms with Crippen molar-refractivity contribution in [2.45, 2.75) is 27.7 Å². The van der Waals surface area contributed by atoms with Gasteiger partial charge in [-0.15, -0.1) is 0 Å². The molecule has 0 aromatic heterocycles. The Bertz CT molecular complexity index is 1030. The molecule has 30 heavy (non-hydrogen) atoms. The number of rotatable bonds is 4. The maximum Gasteiger partial charge on any atom is 0.0952 e. The molecule has 147 valence electrons. The van der Waals surface area contributed by atoms with Gasteiger partial charge in [-0.25, -0.2) is 0 Å². The number of aryl methyl sites for hydroxylation is 3. The summed E-state index contributed by atoms with van der Waals surface area (Å²) >= 11 is 0. The second-order valence-electron chi connectivity index (χ2n) is 8.21. The molecule has 0 aliphatic heterocycles. The molecule has 1 aliphatic rings. The van der Waals surface area contributed by atoms with Gasteiger partial charge in [0.05, 0.1) is 23.0 Å². The summed E-state index contributed by atoms with van der Waals surface area (Å²) in [5.74, 6) is 2.51. The molecule has 1 radical (unpaired) electrons. The quantitative estimate of drug-likeness (QED) is 0.315. The van der Waals surface area contributed by atoms with Gasteiger partial charge in [0.15, 0.2) is 0 Å². The van der Waals surface area contributed by atoms with Gasteiger partial charge in [0.25, 0.3) is 0 Å². The molecular weight excluding hydrogens is 360 g/mol. The van der Waals surface area contributed by atoms with Gasteiger partial charge >= 0.3 is 0 Å². The Morgan fingerprint density at radius 3 is 1.27 bits per heavy atom. The normalized spacial score (nSPS) is 13.5. The van der Waals surface area contributed by atoms with Crippen molar-refractivity contribution in [3.63, 3.8) is 0 Å². The van der Waals surface area contributed by atoms with Crippen molar-refractivity contribution in [2.75, 3.05) is 0 Å². The average Bonchev–Trinajstić information content (AvgIpc) is 2.75. The minimum atomic E-state index is 1.24. The lowest BCUT2D eigenvalue weighted by Crippen LogP contribution is -2.05. The Morgan fingerprint density at radius 1 is 0.500 bits per heavy atom. The van der Waals surface area contributed by atoms with Crippen LogP contribution in [0.1, 0.15) is 40.3 Å². The first-order valence-electron chi connectivity index (χ1n) is 10.5. The fourth-order valence-electron chi connectivity index (χ4n) is 3.79. The fourth-order valence-corrected chi connectivity index (χ4v) is 3.79. The van der Waals surface area contributed by atoms with Gasteiger partial charge in [-0.1, -0.05) is 47.5 Å². The molecule has 0 fully saturated rings. The van der Waals surface area contributed by atoms with Crippen LogP contribution >= 0.6 is 0 Å². The molecule has 0 nitrogen and oxygen atoms in total. The number of hydrogen-bond acceptors (Lipinski definition) is 0. The molecule has 3 aromatic rings. The summed E-state index contributed by atoms with van der Waals surface area (Å²) in [6.07, 6.45) is 8.89. The second-order valence-corrected chi connectivity index (χ2v) is 8.21. The summed E-state index contributed by atoms with van der Waals surface area (Å²) in [6, 6.07) is 26.7. The Kier molecular flexibility index (Phi) is 5.77. The topological polar surface area (TPSA) is 0 Å². The molecule has 0 saturated carbocycles. The average molecular weight is 389 g/mol. The Balaban J connectivity index is 2.02. The van der Waals surface area contributed by atoms with Crippen LogP contribution in [-0.4, -0.2) is 0 Å². The molecule has 0 amide bonds. The summed E-state index contributed by atoms with van der Waals surface area (Å²) in [5.41, 5.74) is 10.1. The third-order valence-corrected chi connectivity index (χ3v) is 5.61. The standard InChI is InChI=1S/C30H28/c1-21-5-13-25(14-6-21)29(26-15-7-22(2)8-16-26)30(27-17-9-23(3)10-18-27)28-19-11-24(4)12-20-28/h5-20H,1-4H3/q+1. The number of benzene rings is 3. The fraction of sp³-hybridized carbons (Fsp3) is 0.133. The van der Waals surface area contributed by atoms with Gasteiger partial charge in [0, 0.05) is 28.8 Å². The van der Waals surface area contributed by atoms with Crippen LogP contribution in [0.3, 0.4) is 0 Å². The SMILES string of the molecule is C[C]1C=C[C+](C(=C(c2ccc(C)cc2)c2ccc(C)cc2)c2ccc(C)cc2)C=C1. The van der Waals surface area contributed by atoms with Crippen molar-refractivity contribution in [3.8, 4) is 0 Å². The summed E-state index contributed by atoms with van der Waals surface area (Å²) in [4.78, 5) is 0. The first-order valence-corrected chi connectivity index (χ1v) is 10.5. The summed E-state index contributed by atoms with van der Waals surface area (Å²) in [6.45, 7) is 8.56. The molecule has 0 heterocycles. The van der Waals surface area contributed by atoms with Crippen molar-refractivity contribution < 1.29 is 0 Å². The van der Waals surface area contributed by atoms with Crippen LogP contribution in [0.25, 0.3) is 11.1 Å². The van der Waals surface area contributed by atoms with Gasteiger partial charge in [-0.05, 0) is 81.8 Å². The van der Waals surface area contributed by atoms with Crippen LogP contribution < -0.4 is 0 Å². The lowest BCUT2D eigenvalue weighted by atomic mass is 9.80. The van der Waals surface area contributed by atoms with Crippen molar-refractivity contribution >= 4 is 11.1 Å². The van der Waals surface area contributed by atoms with Crippen LogP contribution in [0, 0.1) is 32.6 Å². The zero-order valence-electron chi connectivity index (χ0n) is 18.2. The highest BCUT2D eigenvalue weighted by Gasteiger charge is 2.27. The highest BCUT2D eigenvalue weighted by Crippen LogP contribution is 2.40. The van der Waals surface area contributed by atoms with Crippen LogP contribution in [0.4, 0.5) is 0 Å². The van der Waals surface area contributed by atoms with E-state index in [1.807, 2.05) is 0 Å². The number of hydrogen-bond donors (Lipinski definition) is 0. The van der Waals surface area contributed by atoms with E-state index in [2.05, 4.69) is 125 Å². The van der Waals surface area contributed by atoms with Gasteiger partial charge in [0.2, 0.25) is 0 Å². The first kappa shape index (κ1) is 20.0. The van der Waals surface area contributed by atoms with Crippen molar-refractivity contribution in [2.24, 2.45) is 0 Å². The number of allylic oxidation sites excluding steroid dienone is 5. The largest absolute Gasteiger partial charge is 0.0952 e. The van der Waals surface area contributed by atoms with E-state index in [-0.39, 0.29) is 0 Å². The van der Waals surface area contributed by atoms with Crippen LogP contribution in [-0.2, 0) is 0 Å². The zero-order chi connectivity index (χ0) is 21.1. The van der Waals surface area contributed by atoms with Crippen molar-refractivity contribution in [1.29, 1.82) is 0 Å². The van der Waals surface area contributed by atoms with Crippen molar-refractivity contribution in [1.82, 2.24) is 0 Å². The van der Waals surface area contributed by atoms with Gasteiger partial charge in [-0.3, -0.25) is 0 Å². The molecule has 0 heteroatoms. The van der Waals surface area contributed by atoms with E-state index in [0.29, 0.717) is 0 Å². The highest BCUT2D eigenvalue weighted by atomic mass is 14.2. The molecule has 0 atom stereocenters. The Labute approximate surface area is 181 Å². The van der Waals surface area contributed by atoms with Crippen LogP contribution in [0.5, 0.6) is 0 Å². The zero-order valence-corrected chi connectivity index (χ0v) is 18.2. The Hall–Kier alpha value is -3.25. The second kappa shape index (κ2) is 8.63. The molecule has 0 unspecified atom stereocenters. The third kappa shape index (κ3) is 4.33. The van der Waals surface area contributed by atoms with E-state index in [9.17, 15) is 0 Å². The van der Waals surface area contributed by atoms with Gasteiger partial charge in [-0.2, -0.15) is 0 Å². The highest BCUT2D eigenvalue weighted by molar-refractivity contribution is 6.05. The van der Waals surface area contributed by atoms with Gasteiger partial charge in [0.1, 0.15) is 0 Å². The molecule has 0 saturated heterocycles. The predicted molar refractivity (Wildman–Crippen MR) is 130 cm³/mol. The Morgan fingerprint density at radius 2 is 0.867 bits per heavy atom. The van der Waals surface area contributed by atoms with E-state index in [1.165, 1.54) is 56.4 Å². The van der Waals surface area contributed by atoms with Crippen molar-refractivity contribution in [3.05, 3.63) is 142 Å². The minimum absolute atomic E-state index is 1.24. The summed E-state index contributed by atoms with van der Waals surface area (Å²) < 4.78 is 0. The molecule has 0 N–H and O–H groups in total. The molecule has 0 spiro atoms. The lowest BCUT2D eigenvalue weighted by Gasteiger charge is -2.18. The monoisotopic (exact) mass is 388 g/mol. The van der Waals surface area contributed by atoms with Crippen LogP contribution in [0.2, 0.25) is 0 Å². The predicted octanol–water partition coefficient (Wildman–Crippen LogP) is 7.87. The molecular formula is C30H28+. The molecule has 0 bridgehead atoms. The van der Waals surface area contributed by atoms with E-state index < -0.39 is 0 Å². The first-order chi connectivity index (χ1) is 14.5. The van der Waals surface area contributed by atoms with Crippen LogP contribution in [0.15, 0.2) is 97.1 Å². The summed E-state index contributed by atoms with van der Waals surface area (Å²) in [5, 5.41) is 0. The lowest BCUT2D eigenvalue weighted by molar-refractivity contribution is 1.26. The van der Waals surface area contributed by atoms with E-state index in [4.69, 9.17) is 0 Å².